The minimum Gasteiger partial charge on any atom is -0.478 e. The summed E-state index contributed by atoms with van der Waals surface area (Å²) in [6.07, 6.45) is 0.0216. The smallest absolute Gasteiger partial charge is 0.336 e. The van der Waals surface area contributed by atoms with E-state index in [9.17, 15) is 24.2 Å². The van der Waals surface area contributed by atoms with Crippen molar-refractivity contribution in [1.82, 2.24) is 9.55 Å². The number of carboxylic acids is 1. The molecule has 3 rings (SSSR count). The number of nitrogens with zero attached hydrogens (tertiary/aromatic N) is 2. The number of aliphatic hydroxyl groups is 1. The van der Waals surface area contributed by atoms with Gasteiger partial charge < -0.3 is 14.9 Å². The summed E-state index contributed by atoms with van der Waals surface area (Å²) in [5.74, 6) is -1.74. The lowest BCUT2D eigenvalue weighted by atomic mass is 9.97. The van der Waals surface area contributed by atoms with E-state index >= 15 is 0 Å². The van der Waals surface area contributed by atoms with Crippen molar-refractivity contribution < 1.29 is 24.1 Å². The van der Waals surface area contributed by atoms with E-state index in [1.165, 1.54) is 43.8 Å². The van der Waals surface area contributed by atoms with Crippen LogP contribution in [-0.4, -0.2) is 39.1 Å². The first kappa shape index (κ1) is 17.7. The first-order valence-electron chi connectivity index (χ1n) is 7.64. The lowest BCUT2D eigenvalue weighted by Crippen LogP contribution is -2.28. The zero-order valence-electron chi connectivity index (χ0n) is 13.7. The average molecular weight is 358 g/mol. The Hall–Kier alpha value is -3.10. The standard InChI is InChI=1S/C18H15FN2O5/c1-26-16(22)8-21-9-20-15-7-13(18(24)25)12(6-14(15)17(21)23)10-3-2-4-11(19)5-10/h2-7,9,16,22H,8H2,1H3,(H,24,25). The summed E-state index contributed by atoms with van der Waals surface area (Å²) in [5, 5.41) is 19.2. The van der Waals surface area contributed by atoms with Gasteiger partial charge in [0.05, 0.1) is 29.3 Å². The van der Waals surface area contributed by atoms with Crippen molar-refractivity contribution in [1.29, 1.82) is 0 Å². The first-order valence-corrected chi connectivity index (χ1v) is 7.64. The van der Waals surface area contributed by atoms with Crippen LogP contribution >= 0.6 is 0 Å². The van der Waals surface area contributed by atoms with Gasteiger partial charge in [-0.2, -0.15) is 0 Å². The summed E-state index contributed by atoms with van der Waals surface area (Å²) in [6.45, 7) is -0.131. The number of aliphatic hydroxyl groups excluding tert-OH is 1. The number of hydrogen-bond donors (Lipinski definition) is 2. The maximum Gasteiger partial charge on any atom is 0.336 e. The van der Waals surface area contributed by atoms with Gasteiger partial charge in [-0.1, -0.05) is 12.1 Å². The van der Waals surface area contributed by atoms with Crippen LogP contribution in [0.3, 0.4) is 0 Å². The molecule has 2 N–H and O–H groups in total. The molecular formula is C18H15FN2O5. The van der Waals surface area contributed by atoms with Crippen molar-refractivity contribution in [2.45, 2.75) is 12.8 Å². The summed E-state index contributed by atoms with van der Waals surface area (Å²) >= 11 is 0. The lowest BCUT2D eigenvalue weighted by Gasteiger charge is -2.12. The Kier molecular flexibility index (Phi) is 4.79. The number of aromatic carboxylic acids is 1. The summed E-state index contributed by atoms with van der Waals surface area (Å²) < 4.78 is 19.4. The molecule has 0 saturated carbocycles. The van der Waals surface area contributed by atoms with Crippen LogP contribution in [0.4, 0.5) is 4.39 Å². The molecule has 134 valence electrons. The number of carboxylic acid groups (broad SMARTS) is 1. The molecule has 3 aromatic rings. The van der Waals surface area contributed by atoms with Crippen LogP contribution in [0.1, 0.15) is 10.4 Å². The molecule has 0 radical (unpaired) electrons. The molecule has 2 aromatic carbocycles. The van der Waals surface area contributed by atoms with Crippen LogP contribution in [-0.2, 0) is 11.3 Å². The third kappa shape index (κ3) is 3.32. The van der Waals surface area contributed by atoms with Crippen LogP contribution in [0.5, 0.6) is 0 Å². The fourth-order valence-electron chi connectivity index (χ4n) is 2.65. The summed E-state index contributed by atoms with van der Waals surface area (Å²) in [7, 11) is 1.30. The number of benzene rings is 2. The van der Waals surface area contributed by atoms with Crippen molar-refractivity contribution >= 4 is 16.9 Å². The van der Waals surface area contributed by atoms with Crippen molar-refractivity contribution in [2.75, 3.05) is 7.11 Å². The molecule has 0 aliphatic carbocycles. The van der Waals surface area contributed by atoms with Gasteiger partial charge in [-0.3, -0.25) is 9.36 Å². The van der Waals surface area contributed by atoms with Crippen molar-refractivity contribution in [3.8, 4) is 11.1 Å². The zero-order chi connectivity index (χ0) is 18.8. The monoisotopic (exact) mass is 358 g/mol. The number of fused-ring (bicyclic) bond motifs is 1. The maximum absolute atomic E-state index is 13.6. The van der Waals surface area contributed by atoms with Crippen molar-refractivity contribution in [3.63, 3.8) is 0 Å². The van der Waals surface area contributed by atoms with Gasteiger partial charge in [-0.15, -0.1) is 0 Å². The summed E-state index contributed by atoms with van der Waals surface area (Å²) in [6, 6.07) is 8.09. The highest BCUT2D eigenvalue weighted by Crippen LogP contribution is 2.27. The number of methoxy groups -OCH3 is 1. The quantitative estimate of drug-likeness (QED) is 0.675. The third-order valence-corrected chi connectivity index (χ3v) is 3.95. The highest BCUT2D eigenvalue weighted by atomic mass is 19.1. The second kappa shape index (κ2) is 7.03. The molecule has 0 aliphatic heterocycles. The number of halogens is 1. The molecule has 1 atom stereocenters. The average Bonchev–Trinajstić information content (AvgIpc) is 2.63. The van der Waals surface area contributed by atoms with E-state index in [2.05, 4.69) is 4.98 Å². The molecule has 8 heteroatoms. The molecule has 0 fully saturated rings. The second-order valence-corrected chi connectivity index (χ2v) is 5.62. The molecule has 1 heterocycles. The normalized spacial score (nSPS) is 12.3. The third-order valence-electron chi connectivity index (χ3n) is 3.95. The van der Waals surface area contributed by atoms with E-state index in [0.29, 0.717) is 5.56 Å². The van der Waals surface area contributed by atoms with Crippen LogP contribution in [0.25, 0.3) is 22.0 Å². The highest BCUT2D eigenvalue weighted by molar-refractivity contribution is 6.01. The van der Waals surface area contributed by atoms with E-state index in [1.54, 1.807) is 6.07 Å². The van der Waals surface area contributed by atoms with E-state index in [1.807, 2.05) is 0 Å². The van der Waals surface area contributed by atoms with Gasteiger partial charge in [0.2, 0.25) is 0 Å². The number of rotatable bonds is 5. The predicted octanol–water partition coefficient (Wildman–Crippen LogP) is 1.87. The number of aromatic nitrogens is 2. The molecular weight excluding hydrogens is 343 g/mol. The Morgan fingerprint density at radius 1 is 1.35 bits per heavy atom. The molecule has 1 aromatic heterocycles. The minimum atomic E-state index is -1.22. The largest absolute Gasteiger partial charge is 0.478 e. The fourth-order valence-corrected chi connectivity index (χ4v) is 2.65. The van der Waals surface area contributed by atoms with Gasteiger partial charge in [0.15, 0.2) is 6.29 Å². The maximum atomic E-state index is 13.6. The Balaban J connectivity index is 2.26. The first-order chi connectivity index (χ1) is 12.4. The van der Waals surface area contributed by atoms with Crippen LogP contribution < -0.4 is 5.56 Å². The molecule has 0 spiro atoms. The molecule has 7 nitrogen and oxygen atoms in total. The lowest BCUT2D eigenvalue weighted by molar-refractivity contribution is -0.0840. The summed E-state index contributed by atoms with van der Waals surface area (Å²) in [4.78, 5) is 28.3. The van der Waals surface area contributed by atoms with E-state index in [0.717, 1.165) is 4.57 Å². The van der Waals surface area contributed by atoms with E-state index in [4.69, 9.17) is 4.74 Å². The van der Waals surface area contributed by atoms with Crippen LogP contribution in [0.15, 0.2) is 47.5 Å². The molecule has 26 heavy (non-hydrogen) atoms. The second-order valence-electron chi connectivity index (χ2n) is 5.62. The van der Waals surface area contributed by atoms with Gasteiger partial charge in [-0.05, 0) is 35.4 Å². The Morgan fingerprint density at radius 3 is 2.77 bits per heavy atom. The number of ether oxygens (including phenoxy) is 1. The number of hydrogen-bond acceptors (Lipinski definition) is 5. The van der Waals surface area contributed by atoms with Gasteiger partial charge in [-0.25, -0.2) is 14.2 Å². The Bertz CT molecular complexity index is 1050. The molecule has 0 aliphatic rings. The van der Waals surface area contributed by atoms with Gasteiger partial charge in [0.25, 0.3) is 5.56 Å². The molecule has 0 saturated heterocycles. The summed E-state index contributed by atoms with van der Waals surface area (Å²) in [5.41, 5.74) is 0.158. The molecule has 0 amide bonds. The van der Waals surface area contributed by atoms with Crippen molar-refractivity contribution in [2.24, 2.45) is 0 Å². The van der Waals surface area contributed by atoms with Gasteiger partial charge in [0, 0.05) is 7.11 Å². The number of carbonyl (C=O) groups is 1. The Morgan fingerprint density at radius 2 is 2.12 bits per heavy atom. The molecule has 0 bridgehead atoms. The minimum absolute atomic E-state index is 0.0929. The highest BCUT2D eigenvalue weighted by Gasteiger charge is 2.17. The topological polar surface area (TPSA) is 102 Å². The molecule has 1 unspecified atom stereocenters. The fraction of sp³-hybridized carbons (Fsp3) is 0.167. The SMILES string of the molecule is COC(O)Cn1cnc2cc(C(=O)O)c(-c3cccc(F)c3)cc2c1=O. The van der Waals surface area contributed by atoms with Gasteiger partial charge >= 0.3 is 5.97 Å². The van der Waals surface area contributed by atoms with E-state index < -0.39 is 23.6 Å². The van der Waals surface area contributed by atoms with Crippen LogP contribution in [0.2, 0.25) is 0 Å². The van der Waals surface area contributed by atoms with Crippen LogP contribution in [0, 0.1) is 5.82 Å². The van der Waals surface area contributed by atoms with Crippen molar-refractivity contribution in [3.05, 3.63) is 64.5 Å². The van der Waals surface area contributed by atoms with E-state index in [-0.39, 0.29) is 28.6 Å². The zero-order valence-corrected chi connectivity index (χ0v) is 13.7. The van der Waals surface area contributed by atoms with Gasteiger partial charge in [0.1, 0.15) is 5.82 Å². The Labute approximate surface area is 146 Å². The predicted molar refractivity (Wildman–Crippen MR) is 91.4 cm³/mol.